The predicted molar refractivity (Wildman–Crippen MR) is 98.9 cm³/mol. The number of halogens is 1. The molecule has 2 aromatic rings. The first-order valence-corrected chi connectivity index (χ1v) is 8.90. The second-order valence-electron chi connectivity index (χ2n) is 5.41. The molecule has 0 aromatic heterocycles. The molecule has 1 atom stereocenters. The fraction of sp³-hybridized carbons (Fsp3) is 0.176. The molecule has 0 amide bonds. The highest BCUT2D eigenvalue weighted by atomic mass is 35.5. The number of hydrogen-bond acceptors (Lipinski definition) is 6. The fourth-order valence-corrected chi connectivity index (χ4v) is 3.47. The fourth-order valence-electron chi connectivity index (χ4n) is 2.42. The smallest absolute Gasteiger partial charge is 0.269 e. The summed E-state index contributed by atoms with van der Waals surface area (Å²) in [5.41, 5.74) is 2.70. The van der Waals surface area contributed by atoms with Crippen LogP contribution in [0.1, 0.15) is 11.1 Å². The van der Waals surface area contributed by atoms with Crippen molar-refractivity contribution in [1.82, 2.24) is 5.01 Å². The maximum atomic E-state index is 11.4. The van der Waals surface area contributed by atoms with Crippen LogP contribution >= 0.6 is 23.4 Å². The quantitative estimate of drug-likeness (QED) is 0.452. The SMILES string of the molecule is O=CC1SCC(c2ccc(Cl)cc2)=NN1Cc1ccc([N+](=O)[O-])cc1. The third kappa shape index (κ3) is 4.18. The van der Waals surface area contributed by atoms with Crippen LogP contribution in [0.4, 0.5) is 5.69 Å². The highest BCUT2D eigenvalue weighted by molar-refractivity contribution is 8.01. The van der Waals surface area contributed by atoms with Crippen molar-refractivity contribution in [1.29, 1.82) is 0 Å². The predicted octanol–water partition coefficient (Wildman–Crippen LogP) is 3.73. The van der Waals surface area contributed by atoms with Crippen LogP contribution in [-0.4, -0.2) is 33.1 Å². The average Bonchev–Trinajstić information content (AvgIpc) is 2.63. The van der Waals surface area contributed by atoms with Gasteiger partial charge in [-0.15, -0.1) is 11.8 Å². The zero-order chi connectivity index (χ0) is 17.8. The van der Waals surface area contributed by atoms with E-state index in [0.717, 1.165) is 23.1 Å². The number of thioether (sulfide) groups is 1. The van der Waals surface area contributed by atoms with Crippen LogP contribution in [0.15, 0.2) is 53.6 Å². The normalized spacial score (nSPS) is 17.1. The van der Waals surface area contributed by atoms with Crippen LogP contribution in [0, 0.1) is 10.1 Å². The molecule has 25 heavy (non-hydrogen) atoms. The summed E-state index contributed by atoms with van der Waals surface area (Å²) < 4.78 is 0. The molecule has 0 saturated carbocycles. The first kappa shape index (κ1) is 17.4. The third-order valence-corrected chi connectivity index (χ3v) is 5.11. The minimum absolute atomic E-state index is 0.0362. The van der Waals surface area contributed by atoms with E-state index in [2.05, 4.69) is 5.10 Å². The van der Waals surface area contributed by atoms with Crippen molar-refractivity contribution >= 4 is 41.0 Å². The summed E-state index contributed by atoms with van der Waals surface area (Å²) in [5.74, 6) is 0.627. The largest absolute Gasteiger partial charge is 0.300 e. The van der Waals surface area contributed by atoms with Gasteiger partial charge in [0, 0.05) is 22.9 Å². The zero-order valence-electron chi connectivity index (χ0n) is 13.0. The third-order valence-electron chi connectivity index (χ3n) is 3.72. The maximum Gasteiger partial charge on any atom is 0.269 e. The molecule has 1 aliphatic rings. The standard InChI is InChI=1S/C17H14ClN3O3S/c18-14-5-3-13(4-6-14)16-11-25-17(10-22)20(19-16)9-12-1-7-15(8-2-12)21(23)24/h1-8,10,17H,9,11H2. The second kappa shape index (κ2) is 7.67. The van der Waals surface area contributed by atoms with Gasteiger partial charge in [0.2, 0.25) is 0 Å². The Morgan fingerprint density at radius 3 is 2.52 bits per heavy atom. The van der Waals surface area contributed by atoms with Crippen molar-refractivity contribution < 1.29 is 9.72 Å². The van der Waals surface area contributed by atoms with E-state index in [0.29, 0.717) is 17.3 Å². The maximum absolute atomic E-state index is 11.4. The lowest BCUT2D eigenvalue weighted by molar-refractivity contribution is -0.384. The molecule has 8 heteroatoms. The van der Waals surface area contributed by atoms with E-state index < -0.39 is 4.92 Å². The molecule has 0 aliphatic carbocycles. The van der Waals surface area contributed by atoms with Crippen LogP contribution in [0.5, 0.6) is 0 Å². The molecule has 0 N–H and O–H groups in total. The summed E-state index contributed by atoms with van der Waals surface area (Å²) in [6, 6.07) is 13.7. The molecule has 0 spiro atoms. The number of nitrogens with zero attached hydrogens (tertiary/aromatic N) is 3. The minimum Gasteiger partial charge on any atom is -0.300 e. The molecule has 2 aromatic carbocycles. The van der Waals surface area contributed by atoms with Crippen LogP contribution in [0.2, 0.25) is 5.02 Å². The molecule has 6 nitrogen and oxygen atoms in total. The highest BCUT2D eigenvalue weighted by Gasteiger charge is 2.24. The summed E-state index contributed by atoms with van der Waals surface area (Å²) in [7, 11) is 0. The van der Waals surface area contributed by atoms with Gasteiger partial charge < -0.3 is 4.79 Å². The van der Waals surface area contributed by atoms with Gasteiger partial charge in [-0.2, -0.15) is 5.10 Å². The summed E-state index contributed by atoms with van der Waals surface area (Å²) in [6.45, 7) is 0.394. The number of rotatable bonds is 5. The number of nitro benzene ring substituents is 1. The Labute approximate surface area is 153 Å². The Kier molecular flexibility index (Phi) is 5.35. The van der Waals surface area contributed by atoms with Gasteiger partial charge in [-0.25, -0.2) is 0 Å². The molecule has 0 fully saturated rings. The van der Waals surface area contributed by atoms with Crippen molar-refractivity contribution in [3.63, 3.8) is 0 Å². The minimum atomic E-state index is -0.439. The second-order valence-corrected chi connectivity index (χ2v) is 6.95. The zero-order valence-corrected chi connectivity index (χ0v) is 14.6. The molecule has 1 aliphatic heterocycles. The van der Waals surface area contributed by atoms with E-state index in [1.807, 2.05) is 12.1 Å². The Morgan fingerprint density at radius 1 is 1.24 bits per heavy atom. The van der Waals surface area contributed by atoms with Gasteiger partial charge in [-0.05, 0) is 23.3 Å². The summed E-state index contributed by atoms with van der Waals surface area (Å²) in [4.78, 5) is 21.7. The Bertz CT molecular complexity index is 809. The first-order chi connectivity index (χ1) is 12.1. The van der Waals surface area contributed by atoms with E-state index in [-0.39, 0.29) is 11.1 Å². The van der Waals surface area contributed by atoms with E-state index >= 15 is 0 Å². The number of non-ortho nitro benzene ring substituents is 1. The van der Waals surface area contributed by atoms with Crippen LogP contribution in [0.25, 0.3) is 0 Å². The van der Waals surface area contributed by atoms with Crippen LogP contribution in [0.3, 0.4) is 0 Å². The molecule has 0 radical (unpaired) electrons. The lowest BCUT2D eigenvalue weighted by atomic mass is 10.1. The van der Waals surface area contributed by atoms with Crippen molar-refractivity contribution in [2.45, 2.75) is 11.9 Å². The molecule has 1 unspecified atom stereocenters. The number of carbonyl (C=O) groups is 1. The molecule has 1 heterocycles. The number of hydrogen-bond donors (Lipinski definition) is 0. The van der Waals surface area contributed by atoms with Crippen LogP contribution in [-0.2, 0) is 11.3 Å². The van der Waals surface area contributed by atoms with Crippen molar-refractivity contribution in [3.05, 3.63) is 74.8 Å². The molecular formula is C17H14ClN3O3S. The van der Waals surface area contributed by atoms with Crippen LogP contribution < -0.4 is 0 Å². The van der Waals surface area contributed by atoms with E-state index in [1.165, 1.54) is 23.9 Å². The molecule has 128 valence electrons. The van der Waals surface area contributed by atoms with E-state index in [1.54, 1.807) is 29.3 Å². The topological polar surface area (TPSA) is 75.8 Å². The number of carbonyl (C=O) groups excluding carboxylic acids is 1. The summed E-state index contributed by atoms with van der Waals surface area (Å²) in [6.07, 6.45) is 0.859. The first-order valence-electron chi connectivity index (χ1n) is 7.47. The Balaban J connectivity index is 1.83. The average molecular weight is 376 g/mol. The van der Waals surface area contributed by atoms with Gasteiger partial charge in [0.25, 0.3) is 5.69 Å². The van der Waals surface area contributed by atoms with Crippen molar-refractivity contribution in [2.24, 2.45) is 5.10 Å². The van der Waals surface area contributed by atoms with Gasteiger partial charge in [-0.3, -0.25) is 15.1 Å². The van der Waals surface area contributed by atoms with Crippen molar-refractivity contribution in [3.8, 4) is 0 Å². The molecule has 3 rings (SSSR count). The molecule has 0 bridgehead atoms. The highest BCUT2D eigenvalue weighted by Crippen LogP contribution is 2.25. The molecular weight excluding hydrogens is 362 g/mol. The summed E-state index contributed by atoms with van der Waals surface area (Å²) >= 11 is 7.41. The lowest BCUT2D eigenvalue weighted by Gasteiger charge is -2.30. The number of aldehydes is 1. The van der Waals surface area contributed by atoms with Gasteiger partial charge >= 0.3 is 0 Å². The van der Waals surface area contributed by atoms with Gasteiger partial charge in [-0.1, -0.05) is 35.9 Å². The number of benzene rings is 2. The van der Waals surface area contributed by atoms with E-state index in [4.69, 9.17) is 11.6 Å². The van der Waals surface area contributed by atoms with E-state index in [9.17, 15) is 14.9 Å². The number of hydrazone groups is 1. The Morgan fingerprint density at radius 2 is 1.92 bits per heavy atom. The monoisotopic (exact) mass is 375 g/mol. The lowest BCUT2D eigenvalue weighted by Crippen LogP contribution is -2.35. The number of nitro groups is 1. The van der Waals surface area contributed by atoms with Gasteiger partial charge in [0.15, 0.2) is 6.29 Å². The summed E-state index contributed by atoms with van der Waals surface area (Å²) in [5, 5.41) is 17.3. The van der Waals surface area contributed by atoms with Gasteiger partial charge in [0.05, 0.1) is 17.2 Å². The van der Waals surface area contributed by atoms with Gasteiger partial charge in [0.1, 0.15) is 5.37 Å². The van der Waals surface area contributed by atoms with Crippen molar-refractivity contribution in [2.75, 3.05) is 5.75 Å². The molecule has 0 saturated heterocycles. The Hall–Kier alpha value is -2.38.